The first kappa shape index (κ1) is 15.5. The van der Waals surface area contributed by atoms with Crippen molar-refractivity contribution >= 4 is 5.97 Å². The number of benzene rings is 1. The summed E-state index contributed by atoms with van der Waals surface area (Å²) in [5.74, 6) is -0.198. The Bertz CT molecular complexity index is 443. The average Bonchev–Trinajstić information content (AvgIpc) is 2.37. The Kier molecular flexibility index (Phi) is 5.83. The van der Waals surface area contributed by atoms with Crippen molar-refractivity contribution in [2.24, 2.45) is 5.92 Å². The van der Waals surface area contributed by atoms with Gasteiger partial charge in [0.25, 0.3) is 0 Å². The maximum atomic E-state index is 10.7. The van der Waals surface area contributed by atoms with Gasteiger partial charge in [-0.15, -0.1) is 0 Å². The second-order valence-corrected chi connectivity index (χ2v) is 4.94. The Morgan fingerprint density at radius 2 is 2.05 bits per heavy atom. The van der Waals surface area contributed by atoms with Gasteiger partial charge in [0.05, 0.1) is 13.0 Å². The zero-order valence-electron chi connectivity index (χ0n) is 12.1. The van der Waals surface area contributed by atoms with Crippen molar-refractivity contribution in [3.05, 3.63) is 28.8 Å². The van der Waals surface area contributed by atoms with Crippen LogP contribution in [0.1, 0.15) is 23.6 Å². The van der Waals surface area contributed by atoms with E-state index in [-0.39, 0.29) is 5.92 Å². The standard InChI is InChI=1S/C15H23NO3/c1-10-8-14(19-4)11(2)7-13(10)5-6-16-9-12(3)15(17)18/h7-8,12,16H,5-6,9H2,1-4H3,(H,17,18). The number of hydrogen-bond acceptors (Lipinski definition) is 3. The molecule has 0 fully saturated rings. The number of carbonyl (C=O) groups is 1. The summed E-state index contributed by atoms with van der Waals surface area (Å²) in [7, 11) is 1.68. The molecule has 0 aliphatic carbocycles. The van der Waals surface area contributed by atoms with E-state index in [1.54, 1.807) is 14.0 Å². The van der Waals surface area contributed by atoms with Gasteiger partial charge in [-0.1, -0.05) is 13.0 Å². The summed E-state index contributed by atoms with van der Waals surface area (Å²) < 4.78 is 5.28. The molecule has 106 valence electrons. The Morgan fingerprint density at radius 1 is 1.37 bits per heavy atom. The van der Waals surface area contributed by atoms with Crippen LogP contribution in [0.2, 0.25) is 0 Å². The Balaban J connectivity index is 2.50. The molecule has 0 radical (unpaired) electrons. The molecule has 0 aliphatic heterocycles. The van der Waals surface area contributed by atoms with Crippen LogP contribution in [0, 0.1) is 19.8 Å². The fraction of sp³-hybridized carbons (Fsp3) is 0.533. The maximum absolute atomic E-state index is 10.7. The molecule has 0 bridgehead atoms. The monoisotopic (exact) mass is 265 g/mol. The number of aryl methyl sites for hydroxylation is 2. The summed E-state index contributed by atoms with van der Waals surface area (Å²) in [4.78, 5) is 10.7. The lowest BCUT2D eigenvalue weighted by atomic mass is 10.0. The molecule has 0 aromatic heterocycles. The molecular weight excluding hydrogens is 242 g/mol. The van der Waals surface area contributed by atoms with Gasteiger partial charge in [-0.3, -0.25) is 4.79 Å². The second-order valence-electron chi connectivity index (χ2n) is 4.94. The molecule has 4 nitrogen and oxygen atoms in total. The largest absolute Gasteiger partial charge is 0.496 e. The lowest BCUT2D eigenvalue weighted by Gasteiger charge is -2.12. The highest BCUT2D eigenvalue weighted by atomic mass is 16.5. The normalized spacial score (nSPS) is 12.2. The predicted molar refractivity (Wildman–Crippen MR) is 75.8 cm³/mol. The lowest BCUT2D eigenvalue weighted by Crippen LogP contribution is -2.28. The van der Waals surface area contributed by atoms with Crippen molar-refractivity contribution in [1.82, 2.24) is 5.32 Å². The number of ether oxygens (including phenoxy) is 1. The molecule has 19 heavy (non-hydrogen) atoms. The third-order valence-corrected chi connectivity index (χ3v) is 3.30. The zero-order valence-corrected chi connectivity index (χ0v) is 12.1. The lowest BCUT2D eigenvalue weighted by molar-refractivity contribution is -0.140. The van der Waals surface area contributed by atoms with Gasteiger partial charge < -0.3 is 15.2 Å². The molecular formula is C15H23NO3. The van der Waals surface area contributed by atoms with E-state index >= 15 is 0 Å². The predicted octanol–water partition coefficient (Wildman–Crippen LogP) is 2.16. The number of aliphatic carboxylic acids is 1. The van der Waals surface area contributed by atoms with Crippen LogP contribution < -0.4 is 10.1 Å². The second kappa shape index (κ2) is 7.14. The summed E-state index contributed by atoms with van der Waals surface area (Å²) in [5.41, 5.74) is 3.60. The molecule has 1 atom stereocenters. The molecule has 0 amide bonds. The van der Waals surface area contributed by atoms with Crippen LogP contribution in [0.3, 0.4) is 0 Å². The maximum Gasteiger partial charge on any atom is 0.307 e. The number of rotatable bonds is 7. The average molecular weight is 265 g/mol. The van der Waals surface area contributed by atoms with E-state index in [4.69, 9.17) is 9.84 Å². The third kappa shape index (κ3) is 4.56. The molecule has 1 unspecified atom stereocenters. The van der Waals surface area contributed by atoms with E-state index in [1.807, 2.05) is 13.0 Å². The van der Waals surface area contributed by atoms with E-state index < -0.39 is 5.97 Å². The van der Waals surface area contributed by atoms with Crippen LogP contribution >= 0.6 is 0 Å². The molecule has 0 saturated heterocycles. The van der Waals surface area contributed by atoms with Crippen molar-refractivity contribution in [2.45, 2.75) is 27.2 Å². The van der Waals surface area contributed by atoms with Crippen LogP contribution in [0.4, 0.5) is 0 Å². The first-order valence-electron chi connectivity index (χ1n) is 6.53. The number of methoxy groups -OCH3 is 1. The van der Waals surface area contributed by atoms with E-state index in [0.717, 1.165) is 24.3 Å². The summed E-state index contributed by atoms with van der Waals surface area (Å²) in [5, 5.41) is 12.0. The van der Waals surface area contributed by atoms with Gasteiger partial charge in [-0.25, -0.2) is 0 Å². The van der Waals surface area contributed by atoms with Crippen LogP contribution in [0.15, 0.2) is 12.1 Å². The van der Waals surface area contributed by atoms with Crippen LogP contribution in [-0.4, -0.2) is 31.3 Å². The fourth-order valence-corrected chi connectivity index (χ4v) is 1.97. The summed E-state index contributed by atoms with van der Waals surface area (Å²) in [6.07, 6.45) is 0.892. The van der Waals surface area contributed by atoms with Gasteiger partial charge in [0.15, 0.2) is 0 Å². The highest BCUT2D eigenvalue weighted by Gasteiger charge is 2.10. The van der Waals surface area contributed by atoms with Crippen LogP contribution in [0.25, 0.3) is 0 Å². The minimum Gasteiger partial charge on any atom is -0.496 e. The first-order chi connectivity index (χ1) is 8.95. The van der Waals surface area contributed by atoms with Crippen molar-refractivity contribution in [1.29, 1.82) is 0 Å². The molecule has 2 N–H and O–H groups in total. The molecule has 1 aromatic rings. The minimum absolute atomic E-state index is 0.348. The van der Waals surface area contributed by atoms with Crippen molar-refractivity contribution in [3.8, 4) is 5.75 Å². The summed E-state index contributed by atoms with van der Waals surface area (Å²) >= 11 is 0. The highest BCUT2D eigenvalue weighted by Crippen LogP contribution is 2.22. The molecule has 1 rings (SSSR count). The minimum atomic E-state index is -0.760. The molecule has 1 aromatic carbocycles. The van der Waals surface area contributed by atoms with Gasteiger partial charge in [-0.05, 0) is 49.6 Å². The van der Waals surface area contributed by atoms with Gasteiger partial charge in [0, 0.05) is 6.54 Å². The first-order valence-corrected chi connectivity index (χ1v) is 6.53. The molecule has 4 heteroatoms. The van der Waals surface area contributed by atoms with E-state index in [9.17, 15) is 4.79 Å². The van der Waals surface area contributed by atoms with Crippen LogP contribution in [0.5, 0.6) is 5.75 Å². The van der Waals surface area contributed by atoms with Gasteiger partial charge in [0.1, 0.15) is 5.75 Å². The number of carboxylic acids is 1. The van der Waals surface area contributed by atoms with Crippen molar-refractivity contribution in [2.75, 3.05) is 20.2 Å². The van der Waals surface area contributed by atoms with Gasteiger partial charge in [0.2, 0.25) is 0 Å². The van der Waals surface area contributed by atoms with Gasteiger partial charge >= 0.3 is 5.97 Å². The summed E-state index contributed by atoms with van der Waals surface area (Å²) in [6, 6.07) is 4.18. The van der Waals surface area contributed by atoms with E-state index in [0.29, 0.717) is 6.54 Å². The van der Waals surface area contributed by atoms with Crippen molar-refractivity contribution in [3.63, 3.8) is 0 Å². The van der Waals surface area contributed by atoms with Crippen molar-refractivity contribution < 1.29 is 14.6 Å². The molecule has 0 spiro atoms. The van der Waals surface area contributed by atoms with Crippen LogP contribution in [-0.2, 0) is 11.2 Å². The topological polar surface area (TPSA) is 58.6 Å². The van der Waals surface area contributed by atoms with Gasteiger partial charge in [-0.2, -0.15) is 0 Å². The number of nitrogens with one attached hydrogen (secondary N) is 1. The zero-order chi connectivity index (χ0) is 14.4. The smallest absolute Gasteiger partial charge is 0.307 e. The van der Waals surface area contributed by atoms with E-state index in [2.05, 4.69) is 18.3 Å². The Morgan fingerprint density at radius 3 is 2.63 bits per heavy atom. The molecule has 0 aliphatic rings. The highest BCUT2D eigenvalue weighted by molar-refractivity contribution is 5.69. The number of hydrogen-bond donors (Lipinski definition) is 2. The van der Waals surface area contributed by atoms with E-state index in [1.165, 1.54) is 11.1 Å². The Labute approximate surface area is 114 Å². The number of carboxylic acid groups (broad SMARTS) is 1. The molecule has 0 heterocycles. The SMILES string of the molecule is COc1cc(C)c(CCNCC(C)C(=O)O)cc1C. The fourth-order valence-electron chi connectivity index (χ4n) is 1.97. The molecule has 0 saturated carbocycles. The summed E-state index contributed by atoms with van der Waals surface area (Å²) in [6.45, 7) is 7.09. The third-order valence-electron chi connectivity index (χ3n) is 3.30. The quantitative estimate of drug-likeness (QED) is 0.742. The Hall–Kier alpha value is -1.55.